The lowest BCUT2D eigenvalue weighted by molar-refractivity contribution is -0.174. The fraction of sp³-hybridized carbons (Fsp3) is 0.571. The van der Waals surface area contributed by atoms with E-state index in [4.69, 9.17) is 0 Å². The topological polar surface area (TPSA) is 49.7 Å². The van der Waals surface area contributed by atoms with Crippen molar-refractivity contribution in [3.05, 3.63) is 35.6 Å². The average molecular weight is 310 g/mol. The molecule has 0 aliphatic rings. The highest BCUT2D eigenvalue weighted by Crippen LogP contribution is 2.30. The van der Waals surface area contributed by atoms with E-state index in [0.29, 0.717) is 0 Å². The van der Waals surface area contributed by atoms with E-state index in [2.05, 4.69) is 4.74 Å². The maximum atomic E-state index is 13.8. The van der Waals surface area contributed by atoms with Crippen molar-refractivity contribution in [3.8, 4) is 0 Å². The number of hydrogen-bond acceptors (Lipinski definition) is 3. The minimum Gasteiger partial charge on any atom is -0.395 e. The molecule has 1 rings (SSSR count). The number of aliphatic hydroxyl groups is 2. The first-order chi connectivity index (χ1) is 9.84. The van der Waals surface area contributed by atoms with Gasteiger partial charge in [0, 0.05) is 12.0 Å². The van der Waals surface area contributed by atoms with Crippen LogP contribution in [0.5, 0.6) is 0 Å². The lowest BCUT2D eigenvalue weighted by Gasteiger charge is -2.30. The zero-order valence-corrected chi connectivity index (χ0v) is 11.4. The first kappa shape index (κ1) is 17.9. The minimum atomic E-state index is -4.39. The van der Waals surface area contributed by atoms with Gasteiger partial charge in [0.2, 0.25) is 0 Å². The van der Waals surface area contributed by atoms with Crippen molar-refractivity contribution in [2.45, 2.75) is 24.4 Å². The molecule has 0 amide bonds. The summed E-state index contributed by atoms with van der Waals surface area (Å²) in [6.45, 7) is -2.55. The normalized spacial score (nSPS) is 12.7. The van der Waals surface area contributed by atoms with Crippen LogP contribution in [-0.2, 0) is 10.2 Å². The van der Waals surface area contributed by atoms with Crippen molar-refractivity contribution in [1.82, 2.24) is 0 Å². The molecule has 1 aromatic carbocycles. The largest absolute Gasteiger partial charge is 0.411 e. The van der Waals surface area contributed by atoms with Gasteiger partial charge in [-0.1, -0.05) is 18.2 Å². The first-order valence-corrected chi connectivity index (χ1v) is 6.46. The van der Waals surface area contributed by atoms with E-state index in [-0.39, 0.29) is 25.0 Å². The maximum Gasteiger partial charge on any atom is 0.411 e. The van der Waals surface area contributed by atoms with E-state index in [0.717, 1.165) is 0 Å². The highest BCUT2D eigenvalue weighted by atomic mass is 19.4. The zero-order chi connectivity index (χ0) is 15.9. The van der Waals surface area contributed by atoms with Gasteiger partial charge in [-0.15, -0.1) is 0 Å². The predicted octanol–water partition coefficient (Wildman–Crippen LogP) is 2.41. The summed E-state index contributed by atoms with van der Waals surface area (Å²) in [6, 6.07) is 5.69. The van der Waals surface area contributed by atoms with Crippen LogP contribution in [0, 0.1) is 5.82 Å². The molecule has 0 saturated carbocycles. The molecule has 0 aliphatic heterocycles. The summed E-state index contributed by atoms with van der Waals surface area (Å²) in [5.74, 6) is -0.572. The van der Waals surface area contributed by atoms with Crippen molar-refractivity contribution < 1.29 is 32.5 Å². The summed E-state index contributed by atoms with van der Waals surface area (Å²) < 4.78 is 54.0. The SMILES string of the molecule is OCC(CO)(CCCOCC(F)(F)F)c1ccccc1F. The smallest absolute Gasteiger partial charge is 0.395 e. The summed E-state index contributed by atoms with van der Waals surface area (Å²) in [4.78, 5) is 0. The molecule has 7 heteroatoms. The van der Waals surface area contributed by atoms with E-state index >= 15 is 0 Å². The first-order valence-electron chi connectivity index (χ1n) is 6.46. The van der Waals surface area contributed by atoms with E-state index in [1.165, 1.54) is 18.2 Å². The Hall–Kier alpha value is -1.18. The second kappa shape index (κ2) is 7.72. The van der Waals surface area contributed by atoms with Gasteiger partial charge in [-0.05, 0) is 24.5 Å². The van der Waals surface area contributed by atoms with Crippen LogP contribution in [0.25, 0.3) is 0 Å². The Kier molecular flexibility index (Phi) is 6.57. The lowest BCUT2D eigenvalue weighted by atomic mass is 9.78. The van der Waals surface area contributed by atoms with Crippen LogP contribution in [0.1, 0.15) is 18.4 Å². The number of alkyl halides is 3. The van der Waals surface area contributed by atoms with Gasteiger partial charge in [0.15, 0.2) is 0 Å². The Morgan fingerprint density at radius 2 is 1.67 bits per heavy atom. The highest BCUT2D eigenvalue weighted by molar-refractivity contribution is 5.27. The van der Waals surface area contributed by atoms with E-state index in [1.807, 2.05) is 0 Å². The molecule has 0 bridgehead atoms. The Morgan fingerprint density at radius 3 is 2.19 bits per heavy atom. The van der Waals surface area contributed by atoms with Crippen LogP contribution >= 0.6 is 0 Å². The van der Waals surface area contributed by atoms with Crippen molar-refractivity contribution >= 4 is 0 Å². The van der Waals surface area contributed by atoms with Crippen molar-refractivity contribution in [2.24, 2.45) is 0 Å². The molecule has 1 aromatic rings. The molecular formula is C14H18F4O3. The number of halogens is 4. The molecule has 0 unspecified atom stereocenters. The summed E-state index contributed by atoms with van der Waals surface area (Å²) in [5.41, 5.74) is -1.08. The fourth-order valence-corrected chi connectivity index (χ4v) is 2.10. The van der Waals surface area contributed by atoms with Crippen LogP contribution in [0.3, 0.4) is 0 Å². The van der Waals surface area contributed by atoms with Crippen LogP contribution in [0.2, 0.25) is 0 Å². The molecule has 0 aliphatic carbocycles. The number of ether oxygens (including phenoxy) is 1. The third-order valence-corrected chi connectivity index (χ3v) is 3.26. The number of rotatable bonds is 8. The molecule has 0 heterocycles. The number of benzene rings is 1. The van der Waals surface area contributed by atoms with Gasteiger partial charge in [0.1, 0.15) is 12.4 Å². The van der Waals surface area contributed by atoms with E-state index < -0.39 is 37.2 Å². The Bertz CT molecular complexity index is 430. The summed E-state index contributed by atoms with van der Waals surface area (Å²) >= 11 is 0. The van der Waals surface area contributed by atoms with Gasteiger partial charge >= 0.3 is 6.18 Å². The van der Waals surface area contributed by atoms with Gasteiger partial charge in [-0.2, -0.15) is 13.2 Å². The highest BCUT2D eigenvalue weighted by Gasteiger charge is 2.33. The Morgan fingerprint density at radius 1 is 1.05 bits per heavy atom. The molecule has 0 spiro atoms. The number of hydrogen-bond donors (Lipinski definition) is 2. The lowest BCUT2D eigenvalue weighted by Crippen LogP contribution is -2.36. The molecule has 0 saturated heterocycles. The van der Waals surface area contributed by atoms with Gasteiger partial charge < -0.3 is 14.9 Å². The zero-order valence-electron chi connectivity index (χ0n) is 11.4. The molecule has 0 atom stereocenters. The average Bonchev–Trinajstić information content (AvgIpc) is 2.43. The summed E-state index contributed by atoms with van der Waals surface area (Å²) in [7, 11) is 0. The van der Waals surface area contributed by atoms with Crippen molar-refractivity contribution in [3.63, 3.8) is 0 Å². The molecule has 0 radical (unpaired) electrons. The van der Waals surface area contributed by atoms with Crippen LogP contribution in [-0.4, -0.2) is 42.8 Å². The fourth-order valence-electron chi connectivity index (χ4n) is 2.10. The summed E-state index contributed by atoms with van der Waals surface area (Å²) in [6.07, 6.45) is -4.12. The number of aliphatic hydroxyl groups excluding tert-OH is 2. The van der Waals surface area contributed by atoms with Crippen LogP contribution in [0.4, 0.5) is 17.6 Å². The molecular weight excluding hydrogens is 292 g/mol. The Balaban J connectivity index is 2.64. The summed E-state index contributed by atoms with van der Waals surface area (Å²) in [5, 5.41) is 19.0. The minimum absolute atomic E-state index is 0.110. The third-order valence-electron chi connectivity index (χ3n) is 3.26. The van der Waals surface area contributed by atoms with Crippen molar-refractivity contribution in [1.29, 1.82) is 0 Å². The second-order valence-corrected chi connectivity index (χ2v) is 4.85. The molecule has 21 heavy (non-hydrogen) atoms. The standard InChI is InChI=1S/C14H18F4O3/c15-12-5-2-1-4-11(12)13(8-19,9-20)6-3-7-21-10-14(16,17)18/h1-2,4-5,19-20H,3,6-10H2. The second-order valence-electron chi connectivity index (χ2n) is 4.85. The molecule has 3 nitrogen and oxygen atoms in total. The monoisotopic (exact) mass is 310 g/mol. The van der Waals surface area contributed by atoms with Crippen LogP contribution < -0.4 is 0 Å². The third kappa shape index (κ3) is 5.26. The van der Waals surface area contributed by atoms with Gasteiger partial charge in [0.25, 0.3) is 0 Å². The van der Waals surface area contributed by atoms with Gasteiger partial charge in [-0.25, -0.2) is 4.39 Å². The Labute approximate surface area is 120 Å². The van der Waals surface area contributed by atoms with Gasteiger partial charge in [0.05, 0.1) is 13.2 Å². The maximum absolute atomic E-state index is 13.8. The quantitative estimate of drug-likeness (QED) is 0.573. The molecule has 0 fully saturated rings. The van der Waals surface area contributed by atoms with Gasteiger partial charge in [-0.3, -0.25) is 0 Å². The molecule has 120 valence electrons. The van der Waals surface area contributed by atoms with Crippen molar-refractivity contribution in [2.75, 3.05) is 26.4 Å². The van der Waals surface area contributed by atoms with E-state index in [1.54, 1.807) is 6.07 Å². The molecule has 0 aromatic heterocycles. The molecule has 2 N–H and O–H groups in total. The van der Waals surface area contributed by atoms with Crippen LogP contribution in [0.15, 0.2) is 24.3 Å². The predicted molar refractivity (Wildman–Crippen MR) is 68.4 cm³/mol. The van der Waals surface area contributed by atoms with E-state index in [9.17, 15) is 27.8 Å².